The number of Topliss-reactive ketones (excluding diaryl/α,β-unsaturated/α-hetero) is 1. The number of halogens is 1. The Kier molecular flexibility index (Phi) is 3.75. The zero-order valence-electron chi connectivity index (χ0n) is 12.1. The molecule has 1 atom stereocenters. The molecule has 0 bridgehead atoms. The molecule has 1 aliphatic rings. The standard InChI is InChI=1S/C18H15ClO3/c1-22-17(21)18(10-12-5-3-2-4-6-12)11-13-9-14(19)7-8-15(13)16(18)20/h2-9H,10-11H2,1H3. The van der Waals surface area contributed by atoms with Gasteiger partial charge in [0.05, 0.1) is 7.11 Å². The molecule has 0 radical (unpaired) electrons. The van der Waals surface area contributed by atoms with Crippen molar-refractivity contribution < 1.29 is 14.3 Å². The molecule has 1 aliphatic carbocycles. The predicted molar refractivity (Wildman–Crippen MR) is 84.1 cm³/mol. The largest absolute Gasteiger partial charge is 0.468 e. The lowest BCUT2D eigenvalue weighted by Gasteiger charge is -2.24. The van der Waals surface area contributed by atoms with Crippen LogP contribution >= 0.6 is 11.6 Å². The molecule has 0 saturated heterocycles. The lowest BCUT2D eigenvalue weighted by molar-refractivity contribution is -0.149. The number of benzene rings is 2. The van der Waals surface area contributed by atoms with Crippen molar-refractivity contribution in [3.8, 4) is 0 Å². The summed E-state index contributed by atoms with van der Waals surface area (Å²) in [6, 6.07) is 14.6. The zero-order chi connectivity index (χ0) is 15.7. The van der Waals surface area contributed by atoms with Gasteiger partial charge in [0, 0.05) is 10.6 Å². The molecule has 3 rings (SSSR count). The van der Waals surface area contributed by atoms with Crippen LogP contribution in [0.1, 0.15) is 21.5 Å². The molecular formula is C18H15ClO3. The Morgan fingerprint density at radius 3 is 2.64 bits per heavy atom. The van der Waals surface area contributed by atoms with Crippen LogP contribution in [0.3, 0.4) is 0 Å². The number of ketones is 1. The highest BCUT2D eigenvalue weighted by Crippen LogP contribution is 2.41. The van der Waals surface area contributed by atoms with E-state index in [-0.39, 0.29) is 5.78 Å². The molecule has 0 fully saturated rings. The molecule has 1 unspecified atom stereocenters. The van der Waals surface area contributed by atoms with Crippen molar-refractivity contribution in [2.75, 3.05) is 7.11 Å². The van der Waals surface area contributed by atoms with Gasteiger partial charge in [-0.15, -0.1) is 0 Å². The summed E-state index contributed by atoms with van der Waals surface area (Å²) < 4.78 is 4.95. The summed E-state index contributed by atoms with van der Waals surface area (Å²) in [5.74, 6) is -0.677. The summed E-state index contributed by atoms with van der Waals surface area (Å²) in [5.41, 5.74) is 1.10. The summed E-state index contributed by atoms with van der Waals surface area (Å²) in [6.45, 7) is 0. The number of rotatable bonds is 3. The molecule has 3 nitrogen and oxygen atoms in total. The first kappa shape index (κ1) is 14.8. The summed E-state index contributed by atoms with van der Waals surface area (Å²) >= 11 is 6.01. The van der Waals surface area contributed by atoms with Crippen LogP contribution in [0.25, 0.3) is 0 Å². The van der Waals surface area contributed by atoms with Crippen LogP contribution in [0.5, 0.6) is 0 Å². The van der Waals surface area contributed by atoms with E-state index in [1.807, 2.05) is 30.3 Å². The summed E-state index contributed by atoms with van der Waals surface area (Å²) in [7, 11) is 1.32. The first-order chi connectivity index (χ1) is 10.6. The first-order valence-electron chi connectivity index (χ1n) is 7.02. The quantitative estimate of drug-likeness (QED) is 0.643. The molecule has 0 spiro atoms. The molecular weight excluding hydrogens is 300 g/mol. The molecule has 0 heterocycles. The van der Waals surface area contributed by atoms with Crippen LogP contribution in [-0.4, -0.2) is 18.9 Å². The lowest BCUT2D eigenvalue weighted by Crippen LogP contribution is -2.40. The van der Waals surface area contributed by atoms with Gasteiger partial charge in [-0.1, -0.05) is 41.9 Å². The van der Waals surface area contributed by atoms with Gasteiger partial charge >= 0.3 is 5.97 Å². The number of carbonyl (C=O) groups excluding carboxylic acids is 2. The van der Waals surface area contributed by atoms with Crippen LogP contribution in [0.15, 0.2) is 48.5 Å². The van der Waals surface area contributed by atoms with Crippen molar-refractivity contribution in [1.29, 1.82) is 0 Å². The normalized spacial score (nSPS) is 19.8. The first-order valence-corrected chi connectivity index (χ1v) is 7.40. The Morgan fingerprint density at radius 1 is 1.23 bits per heavy atom. The number of carbonyl (C=O) groups is 2. The smallest absolute Gasteiger partial charge is 0.320 e. The fraction of sp³-hybridized carbons (Fsp3) is 0.222. The Hall–Kier alpha value is -2.13. The van der Waals surface area contributed by atoms with E-state index in [0.29, 0.717) is 23.4 Å². The van der Waals surface area contributed by atoms with Crippen molar-refractivity contribution in [2.45, 2.75) is 12.8 Å². The van der Waals surface area contributed by atoms with Gasteiger partial charge in [-0.2, -0.15) is 0 Å². The minimum absolute atomic E-state index is 0.185. The zero-order valence-corrected chi connectivity index (χ0v) is 12.9. The molecule has 2 aromatic rings. The molecule has 22 heavy (non-hydrogen) atoms. The predicted octanol–water partition coefficient (Wildman–Crippen LogP) is 3.48. The molecule has 4 heteroatoms. The van der Waals surface area contributed by atoms with Gasteiger partial charge in [-0.25, -0.2) is 0 Å². The number of esters is 1. The van der Waals surface area contributed by atoms with Gasteiger partial charge in [0.25, 0.3) is 0 Å². The second kappa shape index (κ2) is 5.58. The van der Waals surface area contributed by atoms with Crippen LogP contribution < -0.4 is 0 Å². The minimum Gasteiger partial charge on any atom is -0.468 e. The van der Waals surface area contributed by atoms with Crippen LogP contribution in [0.4, 0.5) is 0 Å². The number of methoxy groups -OCH3 is 1. The third-order valence-electron chi connectivity index (χ3n) is 4.16. The van der Waals surface area contributed by atoms with Crippen molar-refractivity contribution in [2.24, 2.45) is 5.41 Å². The number of hydrogen-bond acceptors (Lipinski definition) is 3. The SMILES string of the molecule is COC(=O)C1(Cc2ccccc2)Cc2cc(Cl)ccc2C1=O. The third-order valence-corrected chi connectivity index (χ3v) is 4.40. The fourth-order valence-corrected chi connectivity index (χ4v) is 3.31. The molecule has 0 aliphatic heterocycles. The van der Waals surface area contributed by atoms with E-state index in [0.717, 1.165) is 11.1 Å². The van der Waals surface area contributed by atoms with E-state index in [2.05, 4.69) is 0 Å². The second-order valence-corrected chi connectivity index (χ2v) is 5.98. The Labute approximate surface area is 133 Å². The van der Waals surface area contributed by atoms with E-state index >= 15 is 0 Å². The van der Waals surface area contributed by atoms with E-state index in [9.17, 15) is 9.59 Å². The van der Waals surface area contributed by atoms with Crippen molar-refractivity contribution in [3.05, 3.63) is 70.2 Å². The maximum atomic E-state index is 12.9. The molecule has 0 amide bonds. The van der Waals surface area contributed by atoms with Gasteiger partial charge in [0.1, 0.15) is 5.41 Å². The van der Waals surface area contributed by atoms with Gasteiger partial charge in [-0.3, -0.25) is 9.59 Å². The van der Waals surface area contributed by atoms with E-state index < -0.39 is 11.4 Å². The average Bonchev–Trinajstić information content (AvgIpc) is 2.80. The van der Waals surface area contributed by atoms with Gasteiger partial charge < -0.3 is 4.74 Å². The molecule has 0 aromatic heterocycles. The number of ether oxygens (including phenoxy) is 1. The highest BCUT2D eigenvalue weighted by molar-refractivity contribution is 6.31. The van der Waals surface area contributed by atoms with Crippen LogP contribution in [0, 0.1) is 5.41 Å². The summed E-state index contributed by atoms with van der Waals surface area (Å²) in [6.07, 6.45) is 0.648. The van der Waals surface area contributed by atoms with E-state index in [1.165, 1.54) is 7.11 Å². The maximum Gasteiger partial charge on any atom is 0.320 e. The maximum absolute atomic E-state index is 12.9. The monoisotopic (exact) mass is 314 g/mol. The van der Waals surface area contributed by atoms with Crippen molar-refractivity contribution in [3.63, 3.8) is 0 Å². The summed E-state index contributed by atoms with van der Waals surface area (Å²) in [4.78, 5) is 25.3. The highest BCUT2D eigenvalue weighted by atomic mass is 35.5. The van der Waals surface area contributed by atoms with Crippen molar-refractivity contribution >= 4 is 23.4 Å². The van der Waals surface area contributed by atoms with E-state index in [4.69, 9.17) is 16.3 Å². The molecule has 0 saturated carbocycles. The van der Waals surface area contributed by atoms with Gasteiger partial charge in [0.15, 0.2) is 5.78 Å². The average molecular weight is 315 g/mol. The number of fused-ring (bicyclic) bond motifs is 1. The Morgan fingerprint density at radius 2 is 1.95 bits per heavy atom. The van der Waals surface area contributed by atoms with Crippen molar-refractivity contribution in [1.82, 2.24) is 0 Å². The molecule has 112 valence electrons. The topological polar surface area (TPSA) is 43.4 Å². The van der Waals surface area contributed by atoms with Crippen LogP contribution in [-0.2, 0) is 22.4 Å². The van der Waals surface area contributed by atoms with Gasteiger partial charge in [-0.05, 0) is 42.2 Å². The van der Waals surface area contributed by atoms with Crippen LogP contribution in [0.2, 0.25) is 5.02 Å². The number of hydrogen-bond donors (Lipinski definition) is 0. The summed E-state index contributed by atoms with van der Waals surface area (Å²) in [5, 5.41) is 0.562. The Balaban J connectivity index is 2.06. The third kappa shape index (κ3) is 2.32. The molecule has 2 aromatic carbocycles. The second-order valence-electron chi connectivity index (χ2n) is 5.54. The highest BCUT2D eigenvalue weighted by Gasteiger charge is 2.52. The Bertz CT molecular complexity index is 739. The molecule has 0 N–H and O–H groups in total. The minimum atomic E-state index is -1.19. The lowest BCUT2D eigenvalue weighted by atomic mass is 9.78. The fourth-order valence-electron chi connectivity index (χ4n) is 3.11. The van der Waals surface area contributed by atoms with Gasteiger partial charge in [0.2, 0.25) is 0 Å². The van der Waals surface area contributed by atoms with E-state index in [1.54, 1.807) is 18.2 Å².